The zero-order valence-corrected chi connectivity index (χ0v) is 9.28. The highest BCUT2D eigenvalue weighted by molar-refractivity contribution is 5.77. The van der Waals surface area contributed by atoms with Gasteiger partial charge < -0.3 is 11.1 Å². The number of nitrogens with two attached hydrogens (primary N) is 1. The van der Waals surface area contributed by atoms with Crippen LogP contribution in [0.1, 0.15) is 25.7 Å². The number of nitrogens with one attached hydrogen (secondary N) is 1. The van der Waals surface area contributed by atoms with Crippen LogP contribution in [0.15, 0.2) is 17.6 Å². The Morgan fingerprint density at radius 2 is 2.33 bits per heavy atom. The Morgan fingerprint density at radius 1 is 1.47 bits per heavy atom. The van der Waals surface area contributed by atoms with Crippen molar-refractivity contribution in [2.75, 3.05) is 13.1 Å². The third-order valence-electron chi connectivity index (χ3n) is 3.81. The van der Waals surface area contributed by atoms with Crippen molar-refractivity contribution in [3.63, 3.8) is 0 Å². The van der Waals surface area contributed by atoms with Gasteiger partial charge in [0.05, 0.1) is 0 Å². The quantitative estimate of drug-likeness (QED) is 0.417. The highest BCUT2D eigenvalue weighted by Gasteiger charge is 2.38. The average molecular weight is 207 g/mol. The predicted octanol–water partition coefficient (Wildman–Crippen LogP) is 1.51. The number of nitrogens with zero attached hydrogens (tertiary/aromatic N) is 1. The van der Waals surface area contributed by atoms with Crippen molar-refractivity contribution in [3.8, 4) is 0 Å². The second-order valence-corrected chi connectivity index (χ2v) is 4.83. The molecular weight excluding hydrogens is 186 g/mol. The summed E-state index contributed by atoms with van der Waals surface area (Å²) in [7, 11) is 0. The second-order valence-electron chi connectivity index (χ2n) is 4.83. The minimum Gasteiger partial charge on any atom is -0.370 e. The molecule has 0 spiro atoms. The molecule has 2 fully saturated rings. The molecule has 2 aliphatic rings. The lowest BCUT2D eigenvalue weighted by atomic mass is 9.89. The lowest BCUT2D eigenvalue weighted by molar-refractivity contribution is 0.342. The SMILES string of the molecule is C=CCNC(N)=NCC1CC2CCC1C2. The Balaban J connectivity index is 1.75. The number of fused-ring (bicyclic) bond motifs is 2. The van der Waals surface area contributed by atoms with Gasteiger partial charge in [0.2, 0.25) is 0 Å². The first-order chi connectivity index (χ1) is 7.29. The summed E-state index contributed by atoms with van der Waals surface area (Å²) in [5.74, 6) is 3.30. The first-order valence-electron chi connectivity index (χ1n) is 5.94. The van der Waals surface area contributed by atoms with Crippen LogP contribution in [0.3, 0.4) is 0 Å². The normalized spacial score (nSPS) is 34.4. The summed E-state index contributed by atoms with van der Waals surface area (Å²) in [4.78, 5) is 4.40. The molecular formula is C12H21N3. The summed E-state index contributed by atoms with van der Waals surface area (Å²) in [6.45, 7) is 5.24. The third kappa shape index (κ3) is 2.52. The molecule has 84 valence electrons. The molecule has 2 rings (SSSR count). The third-order valence-corrected chi connectivity index (χ3v) is 3.81. The molecule has 3 N–H and O–H groups in total. The first kappa shape index (κ1) is 10.5. The van der Waals surface area contributed by atoms with E-state index in [1.807, 2.05) is 0 Å². The van der Waals surface area contributed by atoms with Crippen LogP contribution in [0.25, 0.3) is 0 Å². The molecule has 3 nitrogen and oxygen atoms in total. The maximum Gasteiger partial charge on any atom is 0.188 e. The fraction of sp³-hybridized carbons (Fsp3) is 0.750. The van der Waals surface area contributed by atoms with Gasteiger partial charge in [-0.3, -0.25) is 4.99 Å². The molecule has 0 aromatic carbocycles. The lowest BCUT2D eigenvalue weighted by Crippen LogP contribution is -2.32. The molecule has 0 heterocycles. The minimum atomic E-state index is 0.567. The van der Waals surface area contributed by atoms with Gasteiger partial charge in [0.25, 0.3) is 0 Å². The molecule has 0 aromatic heterocycles. The van der Waals surface area contributed by atoms with Crippen LogP contribution in [-0.4, -0.2) is 19.0 Å². The Morgan fingerprint density at radius 3 is 2.93 bits per heavy atom. The van der Waals surface area contributed by atoms with Crippen molar-refractivity contribution in [1.29, 1.82) is 0 Å². The second kappa shape index (κ2) is 4.69. The van der Waals surface area contributed by atoms with Gasteiger partial charge in [-0.05, 0) is 37.0 Å². The Kier molecular flexibility index (Phi) is 3.29. The molecule has 3 unspecified atom stereocenters. The van der Waals surface area contributed by atoms with Crippen molar-refractivity contribution < 1.29 is 0 Å². The van der Waals surface area contributed by atoms with Gasteiger partial charge in [-0.25, -0.2) is 0 Å². The zero-order chi connectivity index (χ0) is 10.7. The largest absolute Gasteiger partial charge is 0.370 e. The van der Waals surface area contributed by atoms with E-state index in [1.54, 1.807) is 6.08 Å². The van der Waals surface area contributed by atoms with Crippen LogP contribution < -0.4 is 11.1 Å². The summed E-state index contributed by atoms with van der Waals surface area (Å²) in [6, 6.07) is 0. The topological polar surface area (TPSA) is 50.4 Å². The molecule has 0 amide bonds. The average Bonchev–Trinajstić information content (AvgIpc) is 2.84. The Labute approximate surface area is 91.8 Å². The highest BCUT2D eigenvalue weighted by Crippen LogP contribution is 2.48. The van der Waals surface area contributed by atoms with Crippen molar-refractivity contribution in [3.05, 3.63) is 12.7 Å². The molecule has 2 bridgehead atoms. The number of rotatable bonds is 4. The van der Waals surface area contributed by atoms with Gasteiger partial charge >= 0.3 is 0 Å². The molecule has 0 aromatic rings. The van der Waals surface area contributed by atoms with Crippen LogP contribution in [0, 0.1) is 17.8 Å². The predicted molar refractivity (Wildman–Crippen MR) is 63.6 cm³/mol. The molecule has 3 heteroatoms. The van der Waals surface area contributed by atoms with E-state index in [4.69, 9.17) is 5.73 Å². The molecule has 3 atom stereocenters. The smallest absolute Gasteiger partial charge is 0.188 e. The van der Waals surface area contributed by atoms with Gasteiger partial charge in [-0.2, -0.15) is 0 Å². The van der Waals surface area contributed by atoms with Crippen molar-refractivity contribution >= 4 is 5.96 Å². The molecule has 0 radical (unpaired) electrons. The molecule has 0 saturated heterocycles. The van der Waals surface area contributed by atoms with Crippen molar-refractivity contribution in [1.82, 2.24) is 5.32 Å². The lowest BCUT2D eigenvalue weighted by Gasteiger charge is -2.19. The summed E-state index contributed by atoms with van der Waals surface area (Å²) in [5, 5.41) is 3.01. The first-order valence-corrected chi connectivity index (χ1v) is 5.94. The van der Waals surface area contributed by atoms with Crippen molar-refractivity contribution in [2.24, 2.45) is 28.5 Å². The zero-order valence-electron chi connectivity index (χ0n) is 9.28. The van der Waals surface area contributed by atoms with Crippen LogP contribution in [-0.2, 0) is 0 Å². The summed E-state index contributed by atoms with van der Waals surface area (Å²) >= 11 is 0. The van der Waals surface area contributed by atoms with Gasteiger partial charge in [0.15, 0.2) is 5.96 Å². The highest BCUT2D eigenvalue weighted by atomic mass is 15.1. The van der Waals surface area contributed by atoms with Crippen LogP contribution in [0.2, 0.25) is 0 Å². The maximum atomic E-state index is 5.73. The Bertz CT molecular complexity index is 260. The summed E-state index contributed by atoms with van der Waals surface area (Å²) in [6.07, 6.45) is 7.49. The van der Waals surface area contributed by atoms with E-state index < -0.39 is 0 Å². The number of hydrogen-bond donors (Lipinski definition) is 2. The molecule has 15 heavy (non-hydrogen) atoms. The van der Waals surface area contributed by atoms with Crippen LogP contribution in [0.4, 0.5) is 0 Å². The van der Waals surface area contributed by atoms with Crippen LogP contribution in [0.5, 0.6) is 0 Å². The van der Waals surface area contributed by atoms with Gasteiger partial charge in [-0.15, -0.1) is 6.58 Å². The van der Waals surface area contributed by atoms with E-state index >= 15 is 0 Å². The molecule has 2 aliphatic carbocycles. The summed E-state index contributed by atoms with van der Waals surface area (Å²) in [5.41, 5.74) is 5.73. The minimum absolute atomic E-state index is 0.567. The number of aliphatic imine (C=N–C) groups is 1. The van der Waals surface area contributed by atoms with Gasteiger partial charge in [0, 0.05) is 13.1 Å². The van der Waals surface area contributed by atoms with E-state index in [9.17, 15) is 0 Å². The molecule has 0 aliphatic heterocycles. The standard InChI is InChI=1S/C12H21N3/c1-2-5-14-12(13)15-8-11-7-9-3-4-10(11)6-9/h2,9-11H,1,3-8H2,(H3,13,14,15). The fourth-order valence-corrected chi connectivity index (χ4v) is 3.05. The van der Waals surface area contributed by atoms with E-state index in [0.717, 1.165) is 24.3 Å². The number of guanidine groups is 1. The molecule has 2 saturated carbocycles. The number of hydrogen-bond acceptors (Lipinski definition) is 1. The monoisotopic (exact) mass is 207 g/mol. The summed E-state index contributed by atoms with van der Waals surface area (Å²) < 4.78 is 0. The van der Waals surface area contributed by atoms with Crippen LogP contribution >= 0.6 is 0 Å². The van der Waals surface area contributed by atoms with Crippen molar-refractivity contribution in [2.45, 2.75) is 25.7 Å². The van der Waals surface area contributed by atoms with E-state index in [-0.39, 0.29) is 0 Å². The fourth-order valence-electron chi connectivity index (χ4n) is 3.05. The van der Waals surface area contributed by atoms with Gasteiger partial charge in [-0.1, -0.05) is 12.5 Å². The van der Waals surface area contributed by atoms with E-state index in [1.165, 1.54) is 25.7 Å². The Hall–Kier alpha value is -0.990. The van der Waals surface area contributed by atoms with Gasteiger partial charge in [0.1, 0.15) is 0 Å². The van der Waals surface area contributed by atoms with E-state index in [2.05, 4.69) is 16.9 Å². The maximum absolute atomic E-state index is 5.73. The van der Waals surface area contributed by atoms with E-state index in [0.29, 0.717) is 12.5 Å².